The van der Waals surface area contributed by atoms with Crippen LogP contribution in [-0.4, -0.2) is 36.6 Å². The summed E-state index contributed by atoms with van der Waals surface area (Å²) in [6.45, 7) is 6.19. The first-order valence-electron chi connectivity index (χ1n) is 8.54. The minimum Gasteiger partial charge on any atom is -0.303 e. The molecule has 0 amide bonds. The molecule has 1 rings (SSSR count). The minimum atomic E-state index is -0.307. The molecule has 1 aliphatic rings. The van der Waals surface area contributed by atoms with Gasteiger partial charge in [-0.3, -0.25) is 5.32 Å². The molecule has 0 aromatic carbocycles. The van der Waals surface area contributed by atoms with E-state index in [-0.39, 0.29) is 5.54 Å². The summed E-state index contributed by atoms with van der Waals surface area (Å²) in [5, 5.41) is 12.8. The molecule has 0 aliphatic heterocycles. The average molecular weight is 279 g/mol. The van der Waals surface area contributed by atoms with Gasteiger partial charge in [-0.2, -0.15) is 5.26 Å². The van der Waals surface area contributed by atoms with E-state index < -0.39 is 0 Å². The highest BCUT2D eigenvalue weighted by Gasteiger charge is 2.26. The summed E-state index contributed by atoms with van der Waals surface area (Å²) in [6, 6.07) is 3.27. The van der Waals surface area contributed by atoms with Crippen molar-refractivity contribution in [1.29, 1.82) is 5.26 Å². The standard InChI is InChI=1S/C17H33N3/c1-4-17(15-18,19-5-2)13-10-14-20(3)16-11-8-6-7-9-12-16/h16,19H,4-14H2,1-3H3. The maximum absolute atomic E-state index is 9.43. The third-order valence-electron chi connectivity index (χ3n) is 4.90. The first kappa shape index (κ1) is 17.5. The molecule has 20 heavy (non-hydrogen) atoms. The number of rotatable bonds is 8. The lowest BCUT2D eigenvalue weighted by Gasteiger charge is -2.30. The summed E-state index contributed by atoms with van der Waals surface area (Å²) in [6.07, 6.45) is 11.3. The molecule has 3 heteroatoms. The normalized spacial score (nSPS) is 20.4. The summed E-state index contributed by atoms with van der Waals surface area (Å²) in [5.74, 6) is 0. The van der Waals surface area contributed by atoms with Crippen LogP contribution in [-0.2, 0) is 0 Å². The Hall–Kier alpha value is -0.590. The van der Waals surface area contributed by atoms with E-state index in [9.17, 15) is 5.26 Å². The van der Waals surface area contributed by atoms with Crippen molar-refractivity contribution in [3.05, 3.63) is 0 Å². The number of nitriles is 1. The molecule has 0 aromatic rings. The predicted molar refractivity (Wildman–Crippen MR) is 85.7 cm³/mol. The van der Waals surface area contributed by atoms with E-state index in [4.69, 9.17) is 0 Å². The van der Waals surface area contributed by atoms with E-state index in [1.54, 1.807) is 0 Å². The first-order valence-corrected chi connectivity index (χ1v) is 8.54. The summed E-state index contributed by atoms with van der Waals surface area (Å²) >= 11 is 0. The van der Waals surface area contributed by atoms with Crippen molar-refractivity contribution in [2.75, 3.05) is 20.1 Å². The van der Waals surface area contributed by atoms with E-state index in [0.29, 0.717) is 0 Å². The first-order chi connectivity index (χ1) is 9.67. The minimum absolute atomic E-state index is 0.307. The third kappa shape index (κ3) is 5.42. The van der Waals surface area contributed by atoms with Crippen LogP contribution in [0.5, 0.6) is 0 Å². The molecular weight excluding hydrogens is 246 g/mol. The fraction of sp³-hybridized carbons (Fsp3) is 0.941. The molecule has 0 spiro atoms. The molecule has 3 nitrogen and oxygen atoms in total. The molecule has 1 fully saturated rings. The second kappa shape index (κ2) is 9.37. The number of hydrogen-bond donors (Lipinski definition) is 1. The zero-order valence-corrected chi connectivity index (χ0v) is 13.7. The molecule has 0 radical (unpaired) electrons. The van der Waals surface area contributed by atoms with Crippen LogP contribution in [0, 0.1) is 11.3 Å². The molecule has 0 heterocycles. The van der Waals surface area contributed by atoms with Crippen LogP contribution in [0.2, 0.25) is 0 Å². The fourth-order valence-corrected chi connectivity index (χ4v) is 3.41. The number of nitrogens with zero attached hydrogens (tertiary/aromatic N) is 2. The van der Waals surface area contributed by atoms with Crippen molar-refractivity contribution in [1.82, 2.24) is 10.2 Å². The van der Waals surface area contributed by atoms with Crippen molar-refractivity contribution in [2.45, 2.75) is 83.2 Å². The van der Waals surface area contributed by atoms with Gasteiger partial charge in [0.25, 0.3) is 0 Å². The van der Waals surface area contributed by atoms with Crippen LogP contribution >= 0.6 is 0 Å². The van der Waals surface area contributed by atoms with E-state index in [2.05, 4.69) is 37.2 Å². The van der Waals surface area contributed by atoms with Gasteiger partial charge in [-0.05, 0) is 52.2 Å². The smallest absolute Gasteiger partial charge is 0.106 e. The molecule has 0 saturated heterocycles. The lowest BCUT2D eigenvalue weighted by atomic mass is 9.91. The van der Waals surface area contributed by atoms with Gasteiger partial charge in [-0.1, -0.05) is 39.5 Å². The zero-order chi connectivity index (χ0) is 14.8. The Morgan fingerprint density at radius 3 is 2.35 bits per heavy atom. The van der Waals surface area contributed by atoms with E-state index >= 15 is 0 Å². The SMILES string of the molecule is CCNC(C#N)(CC)CCCN(C)C1CCCCCC1. The van der Waals surface area contributed by atoms with Crippen LogP contribution in [0.15, 0.2) is 0 Å². The molecule has 1 saturated carbocycles. The Kier molecular flexibility index (Phi) is 8.18. The second-order valence-corrected chi connectivity index (χ2v) is 6.31. The van der Waals surface area contributed by atoms with Crippen LogP contribution in [0.4, 0.5) is 0 Å². The Balaban J connectivity index is 2.36. The quantitative estimate of drug-likeness (QED) is 0.689. The Morgan fingerprint density at radius 1 is 1.20 bits per heavy atom. The molecule has 1 unspecified atom stereocenters. The van der Waals surface area contributed by atoms with Crippen molar-refractivity contribution in [3.8, 4) is 6.07 Å². The van der Waals surface area contributed by atoms with E-state index in [1.807, 2.05) is 0 Å². The second-order valence-electron chi connectivity index (χ2n) is 6.31. The summed E-state index contributed by atoms with van der Waals surface area (Å²) < 4.78 is 0. The summed E-state index contributed by atoms with van der Waals surface area (Å²) in [7, 11) is 2.27. The van der Waals surface area contributed by atoms with Gasteiger partial charge < -0.3 is 4.90 Å². The molecule has 1 N–H and O–H groups in total. The third-order valence-corrected chi connectivity index (χ3v) is 4.90. The van der Waals surface area contributed by atoms with Crippen molar-refractivity contribution < 1.29 is 0 Å². The van der Waals surface area contributed by atoms with Crippen LogP contribution < -0.4 is 5.32 Å². The van der Waals surface area contributed by atoms with Crippen molar-refractivity contribution >= 4 is 0 Å². The van der Waals surface area contributed by atoms with Crippen LogP contribution in [0.3, 0.4) is 0 Å². The largest absolute Gasteiger partial charge is 0.303 e. The van der Waals surface area contributed by atoms with E-state index in [0.717, 1.165) is 38.4 Å². The lowest BCUT2D eigenvalue weighted by Crippen LogP contribution is -2.44. The molecule has 0 aromatic heterocycles. The van der Waals surface area contributed by atoms with Crippen LogP contribution in [0.1, 0.15) is 71.6 Å². The van der Waals surface area contributed by atoms with Gasteiger partial charge in [0.1, 0.15) is 5.54 Å². The highest BCUT2D eigenvalue weighted by molar-refractivity contribution is 5.06. The lowest BCUT2D eigenvalue weighted by molar-refractivity contribution is 0.209. The highest BCUT2D eigenvalue weighted by Crippen LogP contribution is 2.22. The van der Waals surface area contributed by atoms with Crippen molar-refractivity contribution in [3.63, 3.8) is 0 Å². The number of nitrogens with one attached hydrogen (secondary N) is 1. The van der Waals surface area contributed by atoms with Gasteiger partial charge in [0.05, 0.1) is 6.07 Å². The monoisotopic (exact) mass is 279 g/mol. The Bertz CT molecular complexity index is 289. The summed E-state index contributed by atoms with van der Waals surface area (Å²) in [4.78, 5) is 2.54. The molecule has 116 valence electrons. The summed E-state index contributed by atoms with van der Waals surface area (Å²) in [5.41, 5.74) is -0.307. The van der Waals surface area contributed by atoms with Gasteiger partial charge >= 0.3 is 0 Å². The molecule has 1 atom stereocenters. The van der Waals surface area contributed by atoms with Gasteiger partial charge in [0.15, 0.2) is 0 Å². The molecular formula is C17H33N3. The van der Waals surface area contributed by atoms with Crippen molar-refractivity contribution in [2.24, 2.45) is 0 Å². The van der Waals surface area contributed by atoms with E-state index in [1.165, 1.54) is 38.5 Å². The number of hydrogen-bond acceptors (Lipinski definition) is 3. The Morgan fingerprint density at radius 2 is 1.85 bits per heavy atom. The average Bonchev–Trinajstić information content (AvgIpc) is 2.75. The topological polar surface area (TPSA) is 39.1 Å². The van der Waals surface area contributed by atoms with Gasteiger partial charge in [-0.15, -0.1) is 0 Å². The highest BCUT2D eigenvalue weighted by atomic mass is 15.1. The fourth-order valence-electron chi connectivity index (χ4n) is 3.41. The zero-order valence-electron chi connectivity index (χ0n) is 13.7. The molecule has 0 bridgehead atoms. The van der Waals surface area contributed by atoms with Gasteiger partial charge in [0.2, 0.25) is 0 Å². The van der Waals surface area contributed by atoms with Gasteiger partial charge in [-0.25, -0.2) is 0 Å². The van der Waals surface area contributed by atoms with Gasteiger partial charge in [0, 0.05) is 6.04 Å². The maximum Gasteiger partial charge on any atom is 0.106 e. The van der Waals surface area contributed by atoms with Crippen LogP contribution in [0.25, 0.3) is 0 Å². The molecule has 1 aliphatic carbocycles. The predicted octanol–water partition coefficient (Wildman–Crippen LogP) is 3.70. The Labute approximate surface area is 125 Å². The maximum atomic E-state index is 9.43.